The smallest absolute Gasteiger partial charge is 0.243 e. The molecule has 1 fully saturated rings. The average Bonchev–Trinajstić information content (AvgIpc) is 3.90. The van der Waals surface area contributed by atoms with E-state index in [2.05, 4.69) is 20.9 Å². The van der Waals surface area contributed by atoms with Crippen molar-refractivity contribution in [2.45, 2.75) is 117 Å². The van der Waals surface area contributed by atoms with Crippen LogP contribution >= 0.6 is 33.9 Å². The summed E-state index contributed by atoms with van der Waals surface area (Å²) in [6, 6.07) is 13.4. The Labute approximate surface area is 404 Å². The molecule has 1 aliphatic rings. The number of halogens is 4. The van der Waals surface area contributed by atoms with Crippen LogP contribution in [-0.2, 0) is 25.7 Å². The number of aromatic nitrogens is 1. The Balaban J connectivity index is 0.914. The number of benzene rings is 3. The summed E-state index contributed by atoms with van der Waals surface area (Å²) in [5.41, 5.74) is 3.59. The second kappa shape index (κ2) is 25.8. The van der Waals surface area contributed by atoms with Gasteiger partial charge in [0, 0.05) is 54.0 Å². The Hall–Kier alpha value is -4.23. The standard InChI is InChI=1S/C50H63F3IN5O6S/c1-32-47(66-31-57-32)34-16-14-33(15-17-34)28-56-48(63)43-27-37(61)29-59(43)49(64)39(50(2,3)4)26-36(60)13-10-8-6-5-7-9-11-22-55-23-12-24-65-30-44(62)38-19-20-40(51)45(53)46(38)58-42-21-18-35(54)25-41(42)52/h14-21,25,31,37,39,43,55,58,61H,5-13,22-24,26-30H2,1-4H3,(H,56,63)/t37-,39-,43+/m1/s1. The zero-order valence-corrected chi connectivity index (χ0v) is 41.3. The fourth-order valence-corrected chi connectivity index (χ4v) is 9.28. The molecule has 4 N–H and O–H groups in total. The second-order valence-electron chi connectivity index (χ2n) is 18.1. The van der Waals surface area contributed by atoms with Crippen molar-refractivity contribution in [1.82, 2.24) is 20.5 Å². The van der Waals surface area contributed by atoms with Crippen LogP contribution in [0.15, 0.2) is 60.1 Å². The summed E-state index contributed by atoms with van der Waals surface area (Å²) in [4.78, 5) is 60.4. The lowest BCUT2D eigenvalue weighted by Gasteiger charge is -2.34. The van der Waals surface area contributed by atoms with Gasteiger partial charge >= 0.3 is 0 Å². The van der Waals surface area contributed by atoms with Gasteiger partial charge in [0.2, 0.25) is 11.8 Å². The van der Waals surface area contributed by atoms with Crippen LogP contribution in [0.3, 0.4) is 0 Å². The molecular formula is C50H63F3IN5O6S. The van der Waals surface area contributed by atoms with E-state index >= 15 is 0 Å². The highest BCUT2D eigenvalue weighted by Crippen LogP contribution is 2.35. The van der Waals surface area contributed by atoms with E-state index in [4.69, 9.17) is 4.74 Å². The molecule has 16 heteroatoms. The van der Waals surface area contributed by atoms with E-state index in [1.54, 1.807) is 17.4 Å². The highest BCUT2D eigenvalue weighted by Gasteiger charge is 2.44. The molecular weight excluding hydrogens is 983 g/mol. The number of aryl methyl sites for hydroxylation is 1. The number of hydrogen-bond acceptors (Lipinski definition) is 10. The molecule has 0 spiro atoms. The van der Waals surface area contributed by atoms with E-state index in [1.165, 1.54) is 17.0 Å². The topological polar surface area (TPSA) is 150 Å². The number of aliphatic hydroxyl groups is 1. The average molecular weight is 1050 g/mol. The van der Waals surface area contributed by atoms with Crippen LogP contribution in [0.2, 0.25) is 0 Å². The van der Waals surface area contributed by atoms with Gasteiger partial charge in [0.25, 0.3) is 0 Å². The number of nitrogens with one attached hydrogen (secondary N) is 3. The summed E-state index contributed by atoms with van der Waals surface area (Å²) in [7, 11) is 0. The third-order valence-electron chi connectivity index (χ3n) is 11.8. The van der Waals surface area contributed by atoms with Gasteiger partial charge in [-0.05, 0) is 109 Å². The number of thiazole rings is 1. The van der Waals surface area contributed by atoms with Gasteiger partial charge in [0.15, 0.2) is 17.4 Å². The molecule has 0 radical (unpaired) electrons. The molecule has 1 aromatic heterocycles. The summed E-state index contributed by atoms with van der Waals surface area (Å²) in [5, 5.41) is 19.4. The van der Waals surface area contributed by atoms with Gasteiger partial charge in [-0.25, -0.2) is 18.2 Å². The first kappa shape index (κ1) is 52.7. The van der Waals surface area contributed by atoms with Gasteiger partial charge in [-0.3, -0.25) is 19.2 Å². The summed E-state index contributed by atoms with van der Waals surface area (Å²) < 4.78 is 49.2. The van der Waals surface area contributed by atoms with Crippen molar-refractivity contribution in [2.75, 3.05) is 38.2 Å². The molecule has 5 rings (SSSR count). The molecule has 2 amide bonds. The highest BCUT2D eigenvalue weighted by molar-refractivity contribution is 14.1. The lowest BCUT2D eigenvalue weighted by atomic mass is 9.76. The summed E-state index contributed by atoms with van der Waals surface area (Å²) in [5.74, 6) is -4.83. The third-order valence-corrected chi connectivity index (χ3v) is 13.5. The maximum atomic E-state index is 14.7. The number of hydrogen-bond donors (Lipinski definition) is 4. The Kier molecular flexibility index (Phi) is 20.6. The molecule has 1 saturated heterocycles. The first-order chi connectivity index (χ1) is 31.5. The fourth-order valence-electron chi connectivity index (χ4n) is 8.01. The Bertz CT molecular complexity index is 2250. The first-order valence-electron chi connectivity index (χ1n) is 22.8. The van der Waals surface area contributed by atoms with Gasteiger partial charge in [-0.1, -0.05) is 77.1 Å². The maximum absolute atomic E-state index is 14.7. The van der Waals surface area contributed by atoms with Crippen molar-refractivity contribution in [3.05, 3.63) is 98.0 Å². The number of unbranched alkanes of at least 4 members (excludes halogenated alkanes) is 6. The van der Waals surface area contributed by atoms with Crippen LogP contribution in [0.1, 0.15) is 113 Å². The number of ketones is 2. The SMILES string of the molecule is Cc1ncsc1-c1ccc(CNC(=O)[C@@H]2C[C@@H](O)CN2C(=O)[C@@H](CC(=O)CCCCCCCCCNCCCOCC(=O)c2ccc(F)c(F)c2Nc2ccc(I)cc2F)C(C)(C)C)cc1. The Morgan fingerprint density at radius 3 is 2.30 bits per heavy atom. The van der Waals surface area contributed by atoms with Crippen LogP contribution < -0.4 is 16.0 Å². The van der Waals surface area contributed by atoms with Crippen LogP contribution in [0.25, 0.3) is 10.4 Å². The van der Waals surface area contributed by atoms with Crippen LogP contribution in [0.4, 0.5) is 24.5 Å². The van der Waals surface area contributed by atoms with Gasteiger partial charge in [-0.2, -0.15) is 0 Å². The number of carbonyl (C=O) groups is 4. The largest absolute Gasteiger partial charge is 0.391 e. The van der Waals surface area contributed by atoms with Gasteiger partial charge in [0.05, 0.1) is 33.6 Å². The molecule has 3 aromatic carbocycles. The zero-order chi connectivity index (χ0) is 47.8. The van der Waals surface area contributed by atoms with Crippen molar-refractivity contribution in [3.63, 3.8) is 0 Å². The lowest BCUT2D eigenvalue weighted by Crippen LogP contribution is -2.50. The first-order valence-corrected chi connectivity index (χ1v) is 24.8. The lowest BCUT2D eigenvalue weighted by molar-refractivity contribution is -0.146. The highest BCUT2D eigenvalue weighted by atomic mass is 127. The molecule has 0 aliphatic carbocycles. The number of carbonyl (C=O) groups excluding carboxylic acids is 4. The maximum Gasteiger partial charge on any atom is 0.243 e. The van der Waals surface area contributed by atoms with Crippen molar-refractivity contribution >= 4 is 68.7 Å². The van der Waals surface area contributed by atoms with E-state index in [-0.39, 0.29) is 61.4 Å². The number of rotatable bonds is 26. The number of anilines is 2. The molecule has 2 heterocycles. The normalized spacial score (nSPS) is 15.5. The molecule has 3 atom stereocenters. The Morgan fingerprint density at radius 1 is 0.924 bits per heavy atom. The van der Waals surface area contributed by atoms with Crippen molar-refractivity contribution in [3.8, 4) is 10.4 Å². The van der Waals surface area contributed by atoms with E-state index < -0.39 is 52.4 Å². The second-order valence-corrected chi connectivity index (χ2v) is 20.2. The molecule has 66 heavy (non-hydrogen) atoms. The van der Waals surface area contributed by atoms with Gasteiger partial charge < -0.3 is 30.7 Å². The van der Waals surface area contributed by atoms with E-state index in [9.17, 15) is 37.5 Å². The van der Waals surface area contributed by atoms with Gasteiger partial charge in [0.1, 0.15) is 24.2 Å². The minimum absolute atomic E-state index is 0.0327. The fraction of sp³-hybridized carbons (Fsp3) is 0.500. The molecule has 0 unspecified atom stereocenters. The quantitative estimate of drug-likeness (QED) is 0.0274. The molecule has 0 saturated carbocycles. The number of aliphatic hydroxyl groups excluding tert-OH is 1. The minimum atomic E-state index is -1.27. The minimum Gasteiger partial charge on any atom is -0.391 e. The summed E-state index contributed by atoms with van der Waals surface area (Å²) in [6.07, 6.45) is 7.38. The predicted molar refractivity (Wildman–Crippen MR) is 261 cm³/mol. The number of Topliss-reactive ketones (excluding diaryl/α,β-unsaturated/α-hetero) is 2. The summed E-state index contributed by atoms with van der Waals surface area (Å²) >= 11 is 3.51. The summed E-state index contributed by atoms with van der Waals surface area (Å²) in [6.45, 7) is 9.61. The number of amides is 2. The number of ether oxygens (including phenoxy) is 1. The van der Waals surface area contributed by atoms with Crippen molar-refractivity contribution < 1.29 is 42.2 Å². The van der Waals surface area contributed by atoms with Crippen molar-refractivity contribution in [2.24, 2.45) is 11.3 Å². The van der Waals surface area contributed by atoms with Crippen molar-refractivity contribution in [1.29, 1.82) is 0 Å². The van der Waals surface area contributed by atoms with Crippen LogP contribution in [0, 0.1) is 39.3 Å². The van der Waals surface area contributed by atoms with E-state index in [0.717, 1.165) is 85.3 Å². The third kappa shape index (κ3) is 15.7. The molecule has 0 bridgehead atoms. The van der Waals surface area contributed by atoms with E-state index in [0.29, 0.717) is 29.6 Å². The molecule has 11 nitrogen and oxygen atoms in total. The number of β-amino-alcohol motifs (C(OH)–C–C–N with tert-alkyl or cyclic N) is 1. The predicted octanol–water partition coefficient (Wildman–Crippen LogP) is 10.1. The number of nitrogens with zero attached hydrogens (tertiary/aromatic N) is 2. The van der Waals surface area contributed by atoms with E-state index in [1.807, 2.05) is 80.1 Å². The number of likely N-dealkylation sites (tertiary alicyclic amines) is 1. The Morgan fingerprint density at radius 2 is 1.62 bits per heavy atom. The van der Waals surface area contributed by atoms with Gasteiger partial charge in [-0.15, -0.1) is 11.3 Å². The molecule has 4 aromatic rings. The monoisotopic (exact) mass is 1050 g/mol. The molecule has 358 valence electrons. The van der Waals surface area contributed by atoms with Crippen LogP contribution in [-0.4, -0.2) is 83.4 Å². The zero-order valence-electron chi connectivity index (χ0n) is 38.3. The molecule has 1 aliphatic heterocycles. The van der Waals surface area contributed by atoms with Crippen LogP contribution in [0.5, 0.6) is 0 Å².